The number of amides is 4. The van der Waals surface area contributed by atoms with Gasteiger partial charge in [0.1, 0.15) is 0 Å². The normalized spacial score (nSPS) is 21.3. The zero-order valence-electron chi connectivity index (χ0n) is 19.0. The number of carbonyl (C=O) groups excluding carboxylic acids is 5. The van der Waals surface area contributed by atoms with Crippen molar-refractivity contribution in [1.82, 2.24) is 10.9 Å². The summed E-state index contributed by atoms with van der Waals surface area (Å²) in [5.41, 5.74) is 5.32. The summed E-state index contributed by atoms with van der Waals surface area (Å²) in [6, 6.07) is 12.4. The van der Waals surface area contributed by atoms with Crippen LogP contribution in [0.1, 0.15) is 46.9 Å². The van der Waals surface area contributed by atoms with E-state index >= 15 is 0 Å². The lowest BCUT2D eigenvalue weighted by molar-refractivity contribution is -0.125. The van der Waals surface area contributed by atoms with E-state index in [1.54, 1.807) is 24.3 Å². The lowest BCUT2D eigenvalue weighted by Crippen LogP contribution is -2.43. The van der Waals surface area contributed by atoms with Crippen LogP contribution in [0.15, 0.2) is 53.0 Å². The van der Waals surface area contributed by atoms with Crippen LogP contribution in [-0.4, -0.2) is 36.2 Å². The Balaban J connectivity index is 1.28. The quantitative estimate of drug-likeness (QED) is 0.341. The molecule has 1 heterocycles. The van der Waals surface area contributed by atoms with Crippen LogP contribution in [0, 0.1) is 17.8 Å². The van der Waals surface area contributed by atoms with Gasteiger partial charge >= 0.3 is 5.97 Å². The minimum Gasteiger partial charge on any atom is -0.452 e. The average molecular weight is 542 g/mol. The highest BCUT2D eigenvalue weighted by atomic mass is 79.9. The van der Waals surface area contributed by atoms with Crippen LogP contribution in [0.5, 0.6) is 0 Å². The third-order valence-corrected chi connectivity index (χ3v) is 6.83. The third kappa shape index (κ3) is 5.43. The van der Waals surface area contributed by atoms with Gasteiger partial charge in [-0.3, -0.25) is 34.9 Å². The number of ether oxygens (including phenoxy) is 1. The van der Waals surface area contributed by atoms with Gasteiger partial charge in [0.05, 0.1) is 23.1 Å². The zero-order valence-corrected chi connectivity index (χ0v) is 20.5. The number of hydrazine groups is 1. The molecule has 2 aliphatic rings. The van der Waals surface area contributed by atoms with Crippen molar-refractivity contribution in [2.24, 2.45) is 17.8 Å². The van der Waals surface area contributed by atoms with Crippen LogP contribution in [-0.2, 0) is 19.1 Å². The van der Waals surface area contributed by atoms with Gasteiger partial charge in [0.15, 0.2) is 6.61 Å². The molecule has 0 bridgehead atoms. The number of carbonyl (C=O) groups is 5. The number of rotatable bonds is 5. The van der Waals surface area contributed by atoms with Gasteiger partial charge in [-0.25, -0.2) is 4.79 Å². The number of benzene rings is 2. The summed E-state index contributed by atoms with van der Waals surface area (Å²) in [5, 5.41) is 0. The molecule has 2 aromatic rings. The molecule has 10 heteroatoms. The van der Waals surface area contributed by atoms with Gasteiger partial charge in [0.2, 0.25) is 11.8 Å². The summed E-state index contributed by atoms with van der Waals surface area (Å²) < 4.78 is 5.79. The first-order valence-corrected chi connectivity index (χ1v) is 12.0. The highest BCUT2D eigenvalue weighted by molar-refractivity contribution is 9.10. The standard InChI is InChI=1S/C25H24BrN3O6/c1-14-2-11-19-20(12-14)24(33)29(23(19)32)18-9-5-16(6-10-18)25(34)35-13-21(30)27-28-22(31)15-3-7-17(26)8-4-15/h3-10,14,19-20H,2,11-13H2,1H3,(H,27,30)(H,28,31)/t14-,19-,20+/m1/s1. The van der Waals surface area contributed by atoms with E-state index in [0.29, 0.717) is 30.0 Å². The third-order valence-electron chi connectivity index (χ3n) is 6.31. The second kappa shape index (κ2) is 10.4. The molecule has 3 atom stereocenters. The Morgan fingerprint density at radius 2 is 1.54 bits per heavy atom. The van der Waals surface area contributed by atoms with Gasteiger partial charge in [-0.2, -0.15) is 0 Å². The van der Waals surface area contributed by atoms with Crippen molar-refractivity contribution in [3.63, 3.8) is 0 Å². The van der Waals surface area contributed by atoms with Gasteiger partial charge in [-0.15, -0.1) is 0 Å². The van der Waals surface area contributed by atoms with E-state index in [4.69, 9.17) is 4.74 Å². The Morgan fingerprint density at radius 1 is 0.914 bits per heavy atom. The van der Waals surface area contributed by atoms with Gasteiger partial charge < -0.3 is 4.74 Å². The van der Waals surface area contributed by atoms with Crippen molar-refractivity contribution in [3.8, 4) is 0 Å². The highest BCUT2D eigenvalue weighted by Gasteiger charge is 2.49. The van der Waals surface area contributed by atoms with Gasteiger partial charge in [0.25, 0.3) is 11.8 Å². The molecule has 1 aliphatic carbocycles. The summed E-state index contributed by atoms with van der Waals surface area (Å²) >= 11 is 3.27. The predicted molar refractivity (Wildman–Crippen MR) is 129 cm³/mol. The Morgan fingerprint density at radius 3 is 2.23 bits per heavy atom. The number of fused-ring (bicyclic) bond motifs is 1. The lowest BCUT2D eigenvalue weighted by atomic mass is 9.76. The van der Waals surface area contributed by atoms with E-state index in [-0.39, 0.29) is 29.2 Å². The molecule has 4 amide bonds. The van der Waals surface area contributed by atoms with E-state index < -0.39 is 24.4 Å². The number of nitrogens with zero attached hydrogens (tertiary/aromatic N) is 1. The smallest absolute Gasteiger partial charge is 0.338 e. The molecule has 0 aromatic heterocycles. The molecular formula is C25H24BrN3O6. The van der Waals surface area contributed by atoms with Crippen molar-refractivity contribution in [1.29, 1.82) is 0 Å². The number of hydrogen-bond acceptors (Lipinski definition) is 6. The fraction of sp³-hybridized carbons (Fsp3) is 0.320. The number of halogens is 1. The largest absolute Gasteiger partial charge is 0.452 e. The maximum Gasteiger partial charge on any atom is 0.338 e. The van der Waals surface area contributed by atoms with E-state index in [1.807, 2.05) is 0 Å². The number of imide groups is 1. The molecule has 0 unspecified atom stereocenters. The second-order valence-corrected chi connectivity index (χ2v) is 9.69. The fourth-order valence-corrected chi connectivity index (χ4v) is 4.71. The van der Waals surface area contributed by atoms with E-state index in [2.05, 4.69) is 33.7 Å². The van der Waals surface area contributed by atoms with Crippen molar-refractivity contribution >= 4 is 51.2 Å². The average Bonchev–Trinajstić information content (AvgIpc) is 3.10. The fourth-order valence-electron chi connectivity index (χ4n) is 4.44. The molecule has 4 rings (SSSR count). The van der Waals surface area contributed by atoms with Crippen LogP contribution in [0.3, 0.4) is 0 Å². The van der Waals surface area contributed by atoms with Crippen LogP contribution in [0.2, 0.25) is 0 Å². The van der Waals surface area contributed by atoms with Crippen LogP contribution < -0.4 is 15.8 Å². The first-order valence-electron chi connectivity index (χ1n) is 11.2. The maximum atomic E-state index is 12.8. The van der Waals surface area contributed by atoms with E-state index in [1.165, 1.54) is 29.2 Å². The summed E-state index contributed by atoms with van der Waals surface area (Å²) in [7, 11) is 0. The van der Waals surface area contributed by atoms with E-state index in [9.17, 15) is 24.0 Å². The Bertz CT molecular complexity index is 1160. The van der Waals surface area contributed by atoms with E-state index in [0.717, 1.165) is 10.9 Å². The summed E-state index contributed by atoms with van der Waals surface area (Å²) in [6.45, 7) is 1.49. The van der Waals surface area contributed by atoms with Crippen LogP contribution >= 0.6 is 15.9 Å². The summed E-state index contributed by atoms with van der Waals surface area (Å²) in [4.78, 5) is 63.1. The predicted octanol–water partition coefficient (Wildman–Crippen LogP) is 2.99. The summed E-state index contributed by atoms with van der Waals surface area (Å²) in [5.74, 6) is -2.51. The molecule has 2 N–H and O–H groups in total. The minimum atomic E-state index is -0.757. The Labute approximate surface area is 210 Å². The molecule has 2 aromatic carbocycles. The highest BCUT2D eigenvalue weighted by Crippen LogP contribution is 2.42. The van der Waals surface area contributed by atoms with Crippen LogP contribution in [0.25, 0.3) is 0 Å². The van der Waals surface area contributed by atoms with Crippen LogP contribution in [0.4, 0.5) is 5.69 Å². The molecule has 1 aliphatic heterocycles. The number of anilines is 1. The number of esters is 1. The van der Waals surface area contributed by atoms with Crippen molar-refractivity contribution < 1.29 is 28.7 Å². The molecule has 9 nitrogen and oxygen atoms in total. The first kappa shape index (κ1) is 24.6. The molecular weight excluding hydrogens is 518 g/mol. The molecule has 0 spiro atoms. The SMILES string of the molecule is C[C@@H]1CC[C@H]2C(=O)N(c3ccc(C(=O)OCC(=O)NNC(=O)c4ccc(Br)cc4)cc3)C(=O)[C@H]2C1. The molecule has 1 saturated heterocycles. The maximum absolute atomic E-state index is 12.8. The topological polar surface area (TPSA) is 122 Å². The second-order valence-electron chi connectivity index (χ2n) is 8.78. The number of hydrogen-bond donors (Lipinski definition) is 2. The van der Waals surface area contributed by atoms with Gasteiger partial charge in [-0.05, 0) is 73.7 Å². The Kier molecular flexibility index (Phi) is 7.30. The Hall–Kier alpha value is -3.53. The summed E-state index contributed by atoms with van der Waals surface area (Å²) in [6.07, 6.45) is 2.35. The van der Waals surface area contributed by atoms with Crippen molar-refractivity contribution in [2.75, 3.05) is 11.5 Å². The first-order chi connectivity index (χ1) is 16.7. The molecule has 0 radical (unpaired) electrons. The monoisotopic (exact) mass is 541 g/mol. The zero-order chi connectivity index (χ0) is 25.1. The molecule has 35 heavy (non-hydrogen) atoms. The van der Waals surface area contributed by atoms with Gasteiger partial charge in [-0.1, -0.05) is 22.9 Å². The lowest BCUT2D eigenvalue weighted by Gasteiger charge is -2.25. The molecule has 2 fully saturated rings. The minimum absolute atomic E-state index is 0.158. The van der Waals surface area contributed by atoms with Gasteiger partial charge in [0, 0.05) is 10.0 Å². The molecule has 182 valence electrons. The van der Waals surface area contributed by atoms with Crippen molar-refractivity contribution in [3.05, 3.63) is 64.1 Å². The van der Waals surface area contributed by atoms with Crippen molar-refractivity contribution in [2.45, 2.75) is 26.2 Å². The number of nitrogens with one attached hydrogen (secondary N) is 2. The molecule has 1 saturated carbocycles.